The molecule has 1 aromatic rings. The number of rotatable bonds is 6. The maximum absolute atomic E-state index is 6.60. The summed E-state index contributed by atoms with van der Waals surface area (Å²) in [5.74, 6) is 1.25. The van der Waals surface area contributed by atoms with Gasteiger partial charge < -0.3 is 21.5 Å². The van der Waals surface area contributed by atoms with Crippen molar-refractivity contribution in [3.8, 4) is 5.75 Å². The Bertz CT molecular complexity index is 594. The molecule has 1 unspecified atom stereocenters. The minimum absolute atomic E-state index is 0.389. The number of guanidine groups is 1. The fraction of sp³-hybridized carbons (Fsp3) is 0.471. The summed E-state index contributed by atoms with van der Waals surface area (Å²) in [7, 11) is 1.68. The summed E-state index contributed by atoms with van der Waals surface area (Å²) in [6.45, 7) is 4.15. The Kier molecular flexibility index (Phi) is 5.08. The minimum atomic E-state index is -0.740. The van der Waals surface area contributed by atoms with Crippen molar-refractivity contribution in [1.29, 1.82) is 0 Å². The van der Waals surface area contributed by atoms with E-state index < -0.39 is 5.66 Å². The zero-order valence-corrected chi connectivity index (χ0v) is 13.6. The number of unbranched alkanes of at least 4 members (excludes halogenated alkanes) is 1. The number of hydrogen-bond donors (Lipinski definition) is 3. The first kappa shape index (κ1) is 16.4. The van der Waals surface area contributed by atoms with Gasteiger partial charge in [-0.05, 0) is 37.0 Å². The topological polar surface area (TPSA) is 85.7 Å². The van der Waals surface area contributed by atoms with Gasteiger partial charge in [-0.25, -0.2) is 4.99 Å². The Hall–Kier alpha value is -2.01. The van der Waals surface area contributed by atoms with Crippen LogP contribution in [0.4, 0.5) is 0 Å². The summed E-state index contributed by atoms with van der Waals surface area (Å²) >= 11 is 0. The molecule has 0 fully saturated rings. The van der Waals surface area contributed by atoms with Gasteiger partial charge in [0.2, 0.25) is 0 Å². The molecular formula is C17H26N4O. The molecule has 2 rings (SSSR count). The summed E-state index contributed by atoms with van der Waals surface area (Å²) in [6.07, 6.45) is 3.56. The Balaban J connectivity index is 2.35. The highest BCUT2D eigenvalue weighted by Crippen LogP contribution is 2.32. The minimum Gasteiger partial charge on any atom is -0.496 e. The van der Waals surface area contributed by atoms with Gasteiger partial charge in [-0.2, -0.15) is 0 Å². The lowest BCUT2D eigenvalue weighted by molar-refractivity contribution is 0.405. The second-order valence-electron chi connectivity index (χ2n) is 5.74. The second-order valence-corrected chi connectivity index (χ2v) is 5.74. The van der Waals surface area contributed by atoms with Crippen LogP contribution in [-0.4, -0.2) is 18.7 Å². The third-order valence-corrected chi connectivity index (χ3v) is 4.08. The van der Waals surface area contributed by atoms with Gasteiger partial charge in [-0.15, -0.1) is 0 Å². The Morgan fingerprint density at radius 1 is 1.32 bits per heavy atom. The van der Waals surface area contributed by atoms with Crippen molar-refractivity contribution < 1.29 is 4.74 Å². The summed E-state index contributed by atoms with van der Waals surface area (Å²) in [6, 6.07) is 7.99. The van der Waals surface area contributed by atoms with Crippen molar-refractivity contribution in [3.63, 3.8) is 0 Å². The molecule has 22 heavy (non-hydrogen) atoms. The smallest absolute Gasteiger partial charge is 0.195 e. The van der Waals surface area contributed by atoms with Crippen molar-refractivity contribution in [2.75, 3.05) is 7.11 Å². The highest BCUT2D eigenvalue weighted by Gasteiger charge is 2.34. The van der Waals surface area contributed by atoms with E-state index in [-0.39, 0.29) is 0 Å². The van der Waals surface area contributed by atoms with Gasteiger partial charge in [0, 0.05) is 12.1 Å². The van der Waals surface area contributed by atoms with E-state index >= 15 is 0 Å². The van der Waals surface area contributed by atoms with Crippen molar-refractivity contribution in [3.05, 3.63) is 41.1 Å². The van der Waals surface area contributed by atoms with Crippen LogP contribution in [0.25, 0.3) is 0 Å². The van der Waals surface area contributed by atoms with Crippen LogP contribution in [0, 0.1) is 0 Å². The molecule has 5 N–H and O–H groups in total. The number of nitrogens with zero attached hydrogens (tertiary/aromatic N) is 1. The molecule has 1 aliphatic rings. The van der Waals surface area contributed by atoms with E-state index in [1.807, 2.05) is 25.1 Å². The molecule has 0 saturated carbocycles. The highest BCUT2D eigenvalue weighted by atomic mass is 16.5. The SMILES string of the molecule is CCCCC1(N)N=C(N)NC(C)=C1Cc1ccccc1OC. The van der Waals surface area contributed by atoms with E-state index in [2.05, 4.69) is 23.3 Å². The van der Waals surface area contributed by atoms with Gasteiger partial charge in [0.15, 0.2) is 5.96 Å². The Labute approximate surface area is 132 Å². The van der Waals surface area contributed by atoms with E-state index in [0.717, 1.165) is 41.8 Å². The largest absolute Gasteiger partial charge is 0.496 e. The quantitative estimate of drug-likeness (QED) is 0.752. The number of hydrogen-bond acceptors (Lipinski definition) is 5. The molecule has 5 heteroatoms. The van der Waals surface area contributed by atoms with Gasteiger partial charge in [0.05, 0.1) is 7.11 Å². The lowest BCUT2D eigenvalue weighted by Crippen LogP contribution is -2.50. The monoisotopic (exact) mass is 302 g/mol. The van der Waals surface area contributed by atoms with Gasteiger partial charge in [-0.1, -0.05) is 31.5 Å². The van der Waals surface area contributed by atoms with Crippen LogP contribution in [0.1, 0.15) is 38.7 Å². The van der Waals surface area contributed by atoms with Crippen molar-refractivity contribution in [2.24, 2.45) is 16.5 Å². The average molecular weight is 302 g/mol. The zero-order valence-electron chi connectivity index (χ0n) is 13.6. The summed E-state index contributed by atoms with van der Waals surface area (Å²) < 4.78 is 5.45. The number of methoxy groups -OCH3 is 1. The number of nitrogens with one attached hydrogen (secondary N) is 1. The molecule has 120 valence electrons. The predicted octanol–water partition coefficient (Wildman–Crippen LogP) is 2.27. The summed E-state index contributed by atoms with van der Waals surface area (Å²) in [5.41, 5.74) is 14.9. The first-order chi connectivity index (χ1) is 10.5. The van der Waals surface area contributed by atoms with Crippen LogP contribution in [-0.2, 0) is 6.42 Å². The number of para-hydroxylation sites is 1. The second kappa shape index (κ2) is 6.83. The third kappa shape index (κ3) is 3.42. The number of nitrogens with two attached hydrogens (primary N) is 2. The van der Waals surface area contributed by atoms with Crippen LogP contribution >= 0.6 is 0 Å². The normalized spacial score (nSPS) is 21.4. The molecule has 1 heterocycles. The van der Waals surface area contributed by atoms with Gasteiger partial charge in [0.25, 0.3) is 0 Å². The third-order valence-electron chi connectivity index (χ3n) is 4.08. The summed E-state index contributed by atoms with van der Waals surface area (Å²) in [4.78, 5) is 4.50. The number of aliphatic imine (C=N–C) groups is 1. The first-order valence-corrected chi connectivity index (χ1v) is 7.73. The maximum Gasteiger partial charge on any atom is 0.195 e. The Morgan fingerprint density at radius 2 is 2.05 bits per heavy atom. The van der Waals surface area contributed by atoms with E-state index in [0.29, 0.717) is 12.4 Å². The molecule has 0 spiro atoms. The summed E-state index contributed by atoms with van der Waals surface area (Å²) in [5, 5.41) is 3.11. The molecule has 0 saturated heterocycles. The standard InChI is InChI=1S/C17H26N4O/c1-4-5-10-17(19)14(12(2)20-16(18)21-17)11-13-8-6-7-9-15(13)22-3/h6-9H,4-5,10-11,19H2,1-3H3,(H3,18,20,21). The average Bonchev–Trinajstić information content (AvgIpc) is 2.49. The van der Waals surface area contributed by atoms with Gasteiger partial charge in [-0.3, -0.25) is 0 Å². The van der Waals surface area contributed by atoms with E-state index in [1.54, 1.807) is 7.11 Å². The van der Waals surface area contributed by atoms with Crippen LogP contribution in [0.2, 0.25) is 0 Å². The molecule has 0 aliphatic carbocycles. The predicted molar refractivity (Wildman–Crippen MR) is 90.6 cm³/mol. The lowest BCUT2D eigenvalue weighted by atomic mass is 9.87. The number of benzene rings is 1. The lowest BCUT2D eigenvalue weighted by Gasteiger charge is -2.34. The van der Waals surface area contributed by atoms with Crippen molar-refractivity contribution in [2.45, 2.75) is 45.2 Å². The van der Waals surface area contributed by atoms with E-state index in [1.165, 1.54) is 0 Å². The van der Waals surface area contributed by atoms with Crippen molar-refractivity contribution >= 4 is 5.96 Å². The van der Waals surface area contributed by atoms with Gasteiger partial charge >= 0.3 is 0 Å². The zero-order chi connectivity index (χ0) is 16.2. The maximum atomic E-state index is 6.60. The molecule has 0 radical (unpaired) electrons. The first-order valence-electron chi connectivity index (χ1n) is 7.73. The molecule has 0 amide bonds. The number of allylic oxidation sites excluding steroid dienone is 1. The van der Waals surface area contributed by atoms with E-state index in [9.17, 15) is 0 Å². The van der Waals surface area contributed by atoms with Crippen molar-refractivity contribution in [1.82, 2.24) is 5.32 Å². The fourth-order valence-corrected chi connectivity index (χ4v) is 2.88. The fourth-order valence-electron chi connectivity index (χ4n) is 2.88. The highest BCUT2D eigenvalue weighted by molar-refractivity contribution is 5.82. The molecule has 0 aromatic heterocycles. The van der Waals surface area contributed by atoms with Crippen LogP contribution in [0.15, 0.2) is 40.5 Å². The Morgan fingerprint density at radius 3 is 2.73 bits per heavy atom. The van der Waals surface area contributed by atoms with Crippen LogP contribution < -0.4 is 21.5 Å². The molecule has 5 nitrogen and oxygen atoms in total. The van der Waals surface area contributed by atoms with Crippen LogP contribution in [0.5, 0.6) is 5.75 Å². The molecule has 1 aromatic carbocycles. The molecule has 1 aliphatic heterocycles. The molecule has 0 bridgehead atoms. The number of ether oxygens (including phenoxy) is 1. The van der Waals surface area contributed by atoms with E-state index in [4.69, 9.17) is 16.2 Å². The molecule has 1 atom stereocenters. The molecular weight excluding hydrogens is 276 g/mol. The van der Waals surface area contributed by atoms with Crippen LogP contribution in [0.3, 0.4) is 0 Å². The van der Waals surface area contributed by atoms with Gasteiger partial charge in [0.1, 0.15) is 11.4 Å².